The number of benzene rings is 3. The minimum Gasteiger partial charge on any atom is -0.492 e. The molecule has 6 heteroatoms. The Hall–Kier alpha value is -3.28. The third kappa shape index (κ3) is 14.1. The summed E-state index contributed by atoms with van der Waals surface area (Å²) >= 11 is 0. The van der Waals surface area contributed by atoms with Gasteiger partial charge in [0.1, 0.15) is 11.5 Å². The quantitative estimate of drug-likeness (QED) is 0.0459. The second-order valence-electron chi connectivity index (χ2n) is 13.0. The summed E-state index contributed by atoms with van der Waals surface area (Å²) in [6.45, 7) is 8.86. The van der Waals surface area contributed by atoms with E-state index in [1.807, 2.05) is 0 Å². The van der Waals surface area contributed by atoms with Crippen LogP contribution in [0.3, 0.4) is 0 Å². The SMILES string of the molecule is CCCCOC(=O)CCCCCCCCOc1c2ccccc2c(OCCCCCCCCC(=O)OCCCC)c2cc(CC)ccc12. The molecule has 3 aromatic rings. The van der Waals surface area contributed by atoms with Crippen molar-refractivity contribution < 1.29 is 28.5 Å². The van der Waals surface area contributed by atoms with Gasteiger partial charge in [-0.25, -0.2) is 0 Å². The molecule has 0 aromatic heterocycles. The van der Waals surface area contributed by atoms with Gasteiger partial charge in [0.15, 0.2) is 0 Å². The number of hydrogen-bond acceptors (Lipinski definition) is 6. The Morgan fingerprint density at radius 2 is 0.917 bits per heavy atom. The van der Waals surface area contributed by atoms with E-state index in [0.29, 0.717) is 39.3 Å². The van der Waals surface area contributed by atoms with Gasteiger partial charge in [-0.05, 0) is 56.6 Å². The van der Waals surface area contributed by atoms with Crippen molar-refractivity contribution in [2.75, 3.05) is 26.4 Å². The van der Waals surface area contributed by atoms with E-state index in [-0.39, 0.29) is 11.9 Å². The number of carbonyl (C=O) groups excluding carboxylic acids is 2. The molecule has 0 heterocycles. The lowest BCUT2D eigenvalue weighted by molar-refractivity contribution is -0.144. The van der Waals surface area contributed by atoms with Gasteiger partial charge in [-0.3, -0.25) is 9.59 Å². The topological polar surface area (TPSA) is 71.1 Å². The summed E-state index contributed by atoms with van der Waals surface area (Å²) in [4.78, 5) is 23.6. The van der Waals surface area contributed by atoms with E-state index < -0.39 is 0 Å². The average molecular weight is 663 g/mol. The van der Waals surface area contributed by atoms with Gasteiger partial charge in [0.25, 0.3) is 0 Å². The summed E-state index contributed by atoms with van der Waals surface area (Å²) in [5, 5.41) is 4.44. The Labute approximate surface area is 290 Å². The van der Waals surface area contributed by atoms with Crippen molar-refractivity contribution in [3.05, 3.63) is 48.0 Å². The molecule has 266 valence electrons. The second kappa shape index (κ2) is 23.9. The van der Waals surface area contributed by atoms with Crippen molar-refractivity contribution >= 4 is 33.5 Å². The average Bonchev–Trinajstić information content (AvgIpc) is 3.10. The van der Waals surface area contributed by atoms with E-state index in [1.165, 1.54) is 5.56 Å². The molecule has 0 saturated heterocycles. The van der Waals surface area contributed by atoms with Crippen molar-refractivity contribution in [1.29, 1.82) is 0 Å². The smallest absolute Gasteiger partial charge is 0.305 e. The predicted molar refractivity (Wildman–Crippen MR) is 198 cm³/mol. The van der Waals surface area contributed by atoms with Gasteiger partial charge in [-0.1, -0.05) is 121 Å². The van der Waals surface area contributed by atoms with Crippen LogP contribution in [-0.2, 0) is 25.5 Å². The molecule has 3 aromatic carbocycles. The third-order valence-electron chi connectivity index (χ3n) is 8.96. The fourth-order valence-corrected chi connectivity index (χ4v) is 5.99. The van der Waals surface area contributed by atoms with E-state index >= 15 is 0 Å². The maximum atomic E-state index is 11.8. The molecule has 0 aliphatic carbocycles. The number of aryl methyl sites for hydroxylation is 1. The van der Waals surface area contributed by atoms with Gasteiger partial charge in [-0.15, -0.1) is 0 Å². The fourth-order valence-electron chi connectivity index (χ4n) is 5.99. The zero-order valence-electron chi connectivity index (χ0n) is 30.3. The lowest BCUT2D eigenvalue weighted by atomic mass is 9.98. The van der Waals surface area contributed by atoms with Gasteiger partial charge in [0.05, 0.1) is 26.4 Å². The zero-order valence-corrected chi connectivity index (χ0v) is 30.3. The first-order valence-corrected chi connectivity index (χ1v) is 19.1. The van der Waals surface area contributed by atoms with E-state index in [0.717, 1.165) is 142 Å². The summed E-state index contributed by atoms with van der Waals surface area (Å²) in [5.41, 5.74) is 1.29. The number of carbonyl (C=O) groups is 2. The highest BCUT2D eigenvalue weighted by Gasteiger charge is 2.17. The Balaban J connectivity index is 1.47. The summed E-state index contributed by atoms with van der Waals surface area (Å²) < 4.78 is 23.6. The Morgan fingerprint density at radius 3 is 1.40 bits per heavy atom. The van der Waals surface area contributed by atoms with Crippen molar-refractivity contribution in [3.63, 3.8) is 0 Å². The van der Waals surface area contributed by atoms with Crippen molar-refractivity contribution in [2.45, 2.75) is 143 Å². The molecular formula is C42H62O6. The van der Waals surface area contributed by atoms with E-state index in [4.69, 9.17) is 18.9 Å². The molecular weight excluding hydrogens is 600 g/mol. The molecule has 6 nitrogen and oxygen atoms in total. The van der Waals surface area contributed by atoms with Crippen LogP contribution in [0.15, 0.2) is 42.5 Å². The fraction of sp³-hybridized carbons (Fsp3) is 0.619. The van der Waals surface area contributed by atoms with E-state index in [1.54, 1.807) is 0 Å². The number of unbranched alkanes of at least 4 members (excludes halogenated alkanes) is 12. The molecule has 0 aliphatic rings. The number of hydrogen-bond donors (Lipinski definition) is 0. The van der Waals surface area contributed by atoms with Crippen LogP contribution in [0.4, 0.5) is 0 Å². The minimum absolute atomic E-state index is 0.0553. The lowest BCUT2D eigenvalue weighted by Gasteiger charge is -2.18. The highest BCUT2D eigenvalue weighted by molar-refractivity contribution is 6.11. The van der Waals surface area contributed by atoms with E-state index in [2.05, 4.69) is 63.2 Å². The Kier molecular flexibility index (Phi) is 19.5. The van der Waals surface area contributed by atoms with E-state index in [9.17, 15) is 9.59 Å². The summed E-state index contributed by atoms with van der Waals surface area (Å²) in [6, 6.07) is 15.2. The van der Waals surface area contributed by atoms with Gasteiger partial charge >= 0.3 is 11.9 Å². The maximum absolute atomic E-state index is 11.8. The minimum atomic E-state index is -0.0554. The molecule has 0 unspecified atom stereocenters. The monoisotopic (exact) mass is 662 g/mol. The Bertz CT molecular complexity index is 1350. The normalized spacial score (nSPS) is 11.2. The summed E-state index contributed by atoms with van der Waals surface area (Å²) in [5.74, 6) is 1.80. The molecule has 0 bridgehead atoms. The van der Waals surface area contributed by atoms with Crippen LogP contribution in [0.25, 0.3) is 21.5 Å². The molecule has 0 spiro atoms. The predicted octanol–water partition coefficient (Wildman–Crippen LogP) is 11.5. The van der Waals surface area contributed by atoms with Gasteiger partial charge in [-0.2, -0.15) is 0 Å². The lowest BCUT2D eigenvalue weighted by Crippen LogP contribution is -2.05. The standard InChI is InChI=1S/C42H62O6/c1-4-7-29-45-39(43)25-17-13-9-11-15-21-31-47-41-35-23-19-20-24-36(35)42(38-33-34(6-3)27-28-37(38)41)48-32-22-16-12-10-14-18-26-40(44)46-30-8-5-2/h19-20,23-24,27-28,33H,4-18,21-22,25-26,29-32H2,1-3H3. The first-order chi connectivity index (χ1) is 23.6. The molecule has 48 heavy (non-hydrogen) atoms. The van der Waals surface area contributed by atoms with Crippen LogP contribution >= 0.6 is 0 Å². The molecule has 0 radical (unpaired) electrons. The summed E-state index contributed by atoms with van der Waals surface area (Å²) in [7, 11) is 0. The molecule has 0 aliphatic heterocycles. The van der Waals surface area contributed by atoms with Crippen LogP contribution < -0.4 is 9.47 Å². The van der Waals surface area contributed by atoms with Crippen molar-refractivity contribution in [3.8, 4) is 11.5 Å². The van der Waals surface area contributed by atoms with Crippen molar-refractivity contribution in [1.82, 2.24) is 0 Å². The third-order valence-corrected chi connectivity index (χ3v) is 8.96. The van der Waals surface area contributed by atoms with Crippen molar-refractivity contribution in [2.24, 2.45) is 0 Å². The number of fused-ring (bicyclic) bond motifs is 2. The highest BCUT2D eigenvalue weighted by Crippen LogP contribution is 2.43. The van der Waals surface area contributed by atoms with Crippen LogP contribution in [0.1, 0.15) is 142 Å². The van der Waals surface area contributed by atoms with Crippen LogP contribution in [0.2, 0.25) is 0 Å². The summed E-state index contributed by atoms with van der Waals surface area (Å²) in [6.07, 6.45) is 18.8. The van der Waals surface area contributed by atoms with Gasteiger partial charge in [0.2, 0.25) is 0 Å². The first kappa shape index (κ1) is 39.2. The first-order valence-electron chi connectivity index (χ1n) is 19.1. The molecule has 0 amide bonds. The molecule has 0 saturated carbocycles. The number of ether oxygens (including phenoxy) is 4. The van der Waals surface area contributed by atoms with Crippen LogP contribution in [0, 0.1) is 0 Å². The second-order valence-corrected chi connectivity index (χ2v) is 13.0. The highest BCUT2D eigenvalue weighted by atomic mass is 16.5. The zero-order chi connectivity index (χ0) is 34.2. The van der Waals surface area contributed by atoms with Crippen LogP contribution in [0.5, 0.6) is 11.5 Å². The largest absolute Gasteiger partial charge is 0.492 e. The van der Waals surface area contributed by atoms with Gasteiger partial charge in [0, 0.05) is 34.4 Å². The molecule has 3 rings (SSSR count). The van der Waals surface area contributed by atoms with Gasteiger partial charge < -0.3 is 18.9 Å². The molecule has 0 N–H and O–H groups in total. The number of rotatable bonds is 27. The molecule has 0 atom stereocenters. The molecule has 0 fully saturated rings. The Morgan fingerprint density at radius 1 is 0.479 bits per heavy atom. The number of esters is 2. The van der Waals surface area contributed by atoms with Crippen LogP contribution in [-0.4, -0.2) is 38.4 Å². The maximum Gasteiger partial charge on any atom is 0.305 e.